The zero-order valence-electron chi connectivity index (χ0n) is 12.1. The van der Waals surface area contributed by atoms with Crippen molar-refractivity contribution in [3.63, 3.8) is 0 Å². The molecule has 1 aliphatic rings. The van der Waals surface area contributed by atoms with Gasteiger partial charge in [0.05, 0.1) is 11.5 Å². The Balaban J connectivity index is 2.05. The predicted molar refractivity (Wildman–Crippen MR) is 73.7 cm³/mol. The third kappa shape index (κ3) is 3.78. The van der Waals surface area contributed by atoms with Gasteiger partial charge >= 0.3 is 6.18 Å². The van der Waals surface area contributed by atoms with Gasteiger partial charge in [-0.3, -0.25) is 9.59 Å². The summed E-state index contributed by atoms with van der Waals surface area (Å²) in [7, 11) is 0. The van der Waals surface area contributed by atoms with E-state index in [4.69, 9.17) is 0 Å². The van der Waals surface area contributed by atoms with Gasteiger partial charge in [0.25, 0.3) is 0 Å². The van der Waals surface area contributed by atoms with Crippen LogP contribution in [-0.2, 0) is 22.3 Å². The van der Waals surface area contributed by atoms with Crippen LogP contribution in [0.25, 0.3) is 0 Å². The fourth-order valence-electron chi connectivity index (χ4n) is 2.49. The molecule has 0 unspecified atom stereocenters. The smallest absolute Gasteiger partial charge is 0.356 e. The molecular weight excluding hydrogens is 297 g/mol. The molecule has 0 spiro atoms. The fourth-order valence-corrected chi connectivity index (χ4v) is 2.49. The molecule has 1 atom stereocenters. The number of amides is 2. The van der Waals surface area contributed by atoms with Crippen molar-refractivity contribution in [1.82, 2.24) is 10.2 Å². The van der Waals surface area contributed by atoms with Gasteiger partial charge in [-0.15, -0.1) is 0 Å². The molecule has 1 heterocycles. The second-order valence-corrected chi connectivity index (χ2v) is 5.27. The van der Waals surface area contributed by atoms with Gasteiger partial charge in [-0.05, 0) is 24.6 Å². The maximum atomic E-state index is 12.7. The third-order valence-electron chi connectivity index (χ3n) is 3.56. The number of carbonyl (C=O) groups is 2. The number of rotatable bonds is 4. The van der Waals surface area contributed by atoms with E-state index in [0.29, 0.717) is 12.1 Å². The summed E-state index contributed by atoms with van der Waals surface area (Å²) >= 11 is 0. The first-order chi connectivity index (χ1) is 10.3. The Morgan fingerprint density at radius 3 is 2.77 bits per heavy atom. The first-order valence-electron chi connectivity index (χ1n) is 7.03. The molecule has 0 aliphatic carbocycles. The molecule has 1 aromatic rings. The van der Waals surface area contributed by atoms with Gasteiger partial charge in [-0.25, -0.2) is 0 Å². The van der Waals surface area contributed by atoms with E-state index in [1.807, 2.05) is 0 Å². The Kier molecular flexibility index (Phi) is 4.73. The molecule has 4 nitrogen and oxygen atoms in total. The lowest BCUT2D eigenvalue weighted by molar-refractivity contribution is -0.137. The first kappa shape index (κ1) is 16.3. The summed E-state index contributed by atoms with van der Waals surface area (Å²) in [6.07, 6.45) is -4.31. The number of nitrogens with zero attached hydrogens (tertiary/aromatic N) is 1. The van der Waals surface area contributed by atoms with Crippen molar-refractivity contribution >= 4 is 11.8 Å². The first-order valence-corrected chi connectivity index (χ1v) is 7.03. The fraction of sp³-hybridized carbons (Fsp3) is 0.467. The molecule has 7 heteroatoms. The summed E-state index contributed by atoms with van der Waals surface area (Å²) in [5.74, 6) is -0.839. The molecule has 1 saturated heterocycles. The summed E-state index contributed by atoms with van der Waals surface area (Å²) in [6.45, 7) is 2.59. The van der Waals surface area contributed by atoms with E-state index in [2.05, 4.69) is 5.32 Å². The molecule has 1 aliphatic heterocycles. The van der Waals surface area contributed by atoms with Crippen LogP contribution in [0, 0.1) is 5.92 Å². The normalized spacial score (nSPS) is 18.6. The summed E-state index contributed by atoms with van der Waals surface area (Å²) in [6, 6.07) is 4.89. The van der Waals surface area contributed by atoms with Gasteiger partial charge in [-0.2, -0.15) is 13.2 Å². The Morgan fingerprint density at radius 2 is 2.14 bits per heavy atom. The van der Waals surface area contributed by atoms with Gasteiger partial charge in [0.1, 0.15) is 0 Å². The van der Waals surface area contributed by atoms with E-state index in [9.17, 15) is 22.8 Å². The highest BCUT2D eigenvalue weighted by molar-refractivity contribution is 5.89. The number of nitrogens with one attached hydrogen (secondary N) is 1. The highest BCUT2D eigenvalue weighted by Crippen LogP contribution is 2.30. The van der Waals surface area contributed by atoms with Crippen molar-refractivity contribution < 1.29 is 22.8 Å². The molecule has 2 amide bonds. The molecule has 0 radical (unpaired) electrons. The Hall–Kier alpha value is -2.05. The molecular formula is C15H17F3N2O2. The van der Waals surface area contributed by atoms with Gasteiger partial charge in [0.2, 0.25) is 11.8 Å². The zero-order valence-corrected chi connectivity index (χ0v) is 12.1. The van der Waals surface area contributed by atoms with Crippen LogP contribution >= 0.6 is 0 Å². The molecule has 0 saturated carbocycles. The lowest BCUT2D eigenvalue weighted by atomic mass is 10.1. The third-order valence-corrected chi connectivity index (χ3v) is 3.56. The van der Waals surface area contributed by atoms with Crippen molar-refractivity contribution in [3.05, 3.63) is 35.4 Å². The molecule has 22 heavy (non-hydrogen) atoms. The van der Waals surface area contributed by atoms with Crippen LogP contribution in [0.1, 0.15) is 24.5 Å². The topological polar surface area (TPSA) is 49.4 Å². The van der Waals surface area contributed by atoms with Crippen LogP contribution in [0.3, 0.4) is 0 Å². The second-order valence-electron chi connectivity index (χ2n) is 5.27. The Bertz CT molecular complexity index is 572. The van der Waals surface area contributed by atoms with Gasteiger partial charge in [0.15, 0.2) is 0 Å². The average molecular weight is 314 g/mol. The maximum Gasteiger partial charge on any atom is 0.416 e. The van der Waals surface area contributed by atoms with E-state index in [1.54, 1.807) is 13.0 Å². The summed E-state index contributed by atoms with van der Waals surface area (Å²) in [4.78, 5) is 25.1. The van der Waals surface area contributed by atoms with E-state index in [0.717, 1.165) is 12.1 Å². The highest BCUT2D eigenvalue weighted by atomic mass is 19.4. The number of carbonyl (C=O) groups excluding carboxylic acids is 2. The van der Waals surface area contributed by atoms with E-state index in [1.165, 1.54) is 11.0 Å². The quantitative estimate of drug-likeness (QED) is 0.926. The number of likely N-dealkylation sites (tertiary alicyclic amines) is 1. The Morgan fingerprint density at radius 1 is 1.41 bits per heavy atom. The van der Waals surface area contributed by atoms with Crippen molar-refractivity contribution in [2.24, 2.45) is 5.92 Å². The number of benzene rings is 1. The summed E-state index contributed by atoms with van der Waals surface area (Å²) in [5, 5.41) is 2.65. The summed E-state index contributed by atoms with van der Waals surface area (Å²) in [5.41, 5.74) is -0.336. The zero-order chi connectivity index (χ0) is 16.3. The average Bonchev–Trinajstić information content (AvgIpc) is 2.80. The van der Waals surface area contributed by atoms with E-state index in [-0.39, 0.29) is 31.3 Å². The molecule has 120 valence electrons. The second kappa shape index (κ2) is 6.37. The standard InChI is InChI=1S/C15H17F3N2O2/c1-2-19-14(22)11-7-13(21)20(9-11)8-10-4-3-5-12(6-10)15(16,17)18/h3-6,11H,2,7-9H2,1H3,(H,19,22)/t11-/m1/s1. The van der Waals surface area contributed by atoms with Crippen LogP contribution < -0.4 is 5.32 Å². The van der Waals surface area contributed by atoms with Crippen molar-refractivity contribution in [1.29, 1.82) is 0 Å². The minimum Gasteiger partial charge on any atom is -0.356 e. The summed E-state index contributed by atoms with van der Waals surface area (Å²) < 4.78 is 38.0. The Labute approximate surface area is 126 Å². The van der Waals surface area contributed by atoms with Gasteiger partial charge in [-0.1, -0.05) is 12.1 Å². The number of hydrogen-bond donors (Lipinski definition) is 1. The molecule has 1 aromatic carbocycles. The minimum atomic E-state index is -4.41. The van der Waals surface area contributed by atoms with Crippen molar-refractivity contribution in [3.8, 4) is 0 Å². The van der Waals surface area contributed by atoms with Crippen LogP contribution in [0.15, 0.2) is 24.3 Å². The number of halogens is 3. The molecule has 1 fully saturated rings. The van der Waals surface area contributed by atoms with Gasteiger partial charge < -0.3 is 10.2 Å². The van der Waals surface area contributed by atoms with Crippen molar-refractivity contribution in [2.75, 3.05) is 13.1 Å². The lowest BCUT2D eigenvalue weighted by Crippen LogP contribution is -2.32. The largest absolute Gasteiger partial charge is 0.416 e. The van der Waals surface area contributed by atoms with Crippen LogP contribution in [0.2, 0.25) is 0 Å². The predicted octanol–water partition coefficient (Wildman–Crippen LogP) is 2.19. The van der Waals surface area contributed by atoms with Gasteiger partial charge in [0, 0.05) is 26.1 Å². The minimum absolute atomic E-state index is 0.0820. The lowest BCUT2D eigenvalue weighted by Gasteiger charge is -2.17. The maximum absolute atomic E-state index is 12.7. The van der Waals surface area contributed by atoms with Crippen LogP contribution in [0.4, 0.5) is 13.2 Å². The van der Waals surface area contributed by atoms with E-state index >= 15 is 0 Å². The van der Waals surface area contributed by atoms with Crippen LogP contribution in [-0.4, -0.2) is 29.8 Å². The van der Waals surface area contributed by atoms with E-state index < -0.39 is 17.7 Å². The SMILES string of the molecule is CCNC(=O)[C@@H]1CC(=O)N(Cc2cccc(C(F)(F)F)c2)C1. The molecule has 1 N–H and O–H groups in total. The highest BCUT2D eigenvalue weighted by Gasteiger charge is 2.34. The van der Waals surface area contributed by atoms with Crippen molar-refractivity contribution in [2.45, 2.75) is 26.1 Å². The number of alkyl halides is 3. The number of hydrogen-bond acceptors (Lipinski definition) is 2. The monoisotopic (exact) mass is 314 g/mol. The molecule has 0 bridgehead atoms. The molecule has 2 rings (SSSR count). The van der Waals surface area contributed by atoms with Crippen LogP contribution in [0.5, 0.6) is 0 Å². The molecule has 0 aromatic heterocycles.